The summed E-state index contributed by atoms with van der Waals surface area (Å²) in [5, 5.41) is 0. The third-order valence-corrected chi connectivity index (χ3v) is 3.47. The summed E-state index contributed by atoms with van der Waals surface area (Å²) in [6, 6.07) is 0.225. The van der Waals surface area contributed by atoms with E-state index in [4.69, 9.17) is 6.42 Å². The van der Waals surface area contributed by atoms with Gasteiger partial charge in [0.25, 0.3) is 0 Å². The van der Waals surface area contributed by atoms with E-state index in [0.29, 0.717) is 18.2 Å². The monoisotopic (exact) mass is 221 g/mol. The van der Waals surface area contributed by atoms with E-state index >= 15 is 0 Å². The molecular weight excluding hydrogens is 198 g/mol. The number of likely N-dealkylation sites (tertiary alicyclic amines) is 1. The number of rotatable bonds is 4. The lowest BCUT2D eigenvalue weighted by molar-refractivity contribution is -0.137. The second-order valence-corrected chi connectivity index (χ2v) is 4.96. The number of hydrogen-bond acceptors (Lipinski definition) is 1. The van der Waals surface area contributed by atoms with Gasteiger partial charge in [0.1, 0.15) is 0 Å². The molecule has 1 heterocycles. The predicted octanol–water partition coefficient (Wildman–Crippen LogP) is 2.68. The zero-order chi connectivity index (χ0) is 12.1. The van der Waals surface area contributed by atoms with Gasteiger partial charge in [-0.05, 0) is 25.2 Å². The molecule has 1 saturated heterocycles. The molecule has 2 nitrogen and oxygen atoms in total. The summed E-state index contributed by atoms with van der Waals surface area (Å²) < 4.78 is 0. The molecule has 0 aromatic heterocycles. The van der Waals surface area contributed by atoms with Crippen LogP contribution in [-0.4, -0.2) is 23.4 Å². The van der Waals surface area contributed by atoms with Crippen LogP contribution in [0.1, 0.15) is 46.5 Å². The summed E-state index contributed by atoms with van der Waals surface area (Å²) in [4.78, 5) is 14.0. The second kappa shape index (κ2) is 5.94. The van der Waals surface area contributed by atoms with Crippen molar-refractivity contribution in [1.82, 2.24) is 4.90 Å². The highest BCUT2D eigenvalue weighted by molar-refractivity contribution is 5.77. The van der Waals surface area contributed by atoms with Crippen LogP contribution in [0.5, 0.6) is 0 Å². The molecule has 1 rings (SSSR count). The Bertz CT molecular complexity index is 277. The molecular formula is C14H23NO. The first kappa shape index (κ1) is 13.1. The fourth-order valence-electron chi connectivity index (χ4n) is 2.64. The molecule has 2 atom stereocenters. The minimum absolute atomic E-state index is 0.196. The van der Waals surface area contributed by atoms with Gasteiger partial charge in [0, 0.05) is 24.9 Å². The first-order valence-electron chi connectivity index (χ1n) is 6.37. The molecule has 0 N–H and O–H groups in total. The van der Waals surface area contributed by atoms with Gasteiger partial charge in [-0.25, -0.2) is 0 Å². The molecule has 1 aliphatic rings. The number of carbonyl (C=O) groups is 1. The highest BCUT2D eigenvalue weighted by Crippen LogP contribution is 2.25. The summed E-state index contributed by atoms with van der Waals surface area (Å²) in [6.45, 7) is 7.31. The molecule has 0 bridgehead atoms. The first-order valence-corrected chi connectivity index (χ1v) is 6.37. The van der Waals surface area contributed by atoms with Crippen LogP contribution in [0.2, 0.25) is 0 Å². The Balaban J connectivity index is 2.84. The van der Waals surface area contributed by atoms with Gasteiger partial charge in [0.2, 0.25) is 5.91 Å². The van der Waals surface area contributed by atoms with E-state index in [-0.39, 0.29) is 12.0 Å². The van der Waals surface area contributed by atoms with Gasteiger partial charge in [0.15, 0.2) is 0 Å². The molecule has 1 fully saturated rings. The SMILES string of the molecule is C#C[C@H](CC)[C@@H](C(C)C)N1CCCCC1=O. The van der Waals surface area contributed by atoms with Crippen LogP contribution in [0.3, 0.4) is 0 Å². The Morgan fingerprint density at radius 2 is 2.12 bits per heavy atom. The largest absolute Gasteiger partial charge is 0.338 e. The molecule has 0 aromatic rings. The maximum absolute atomic E-state index is 11.9. The number of terminal acetylenes is 1. The number of nitrogens with zero attached hydrogens (tertiary/aromatic N) is 1. The van der Waals surface area contributed by atoms with E-state index in [1.165, 1.54) is 0 Å². The second-order valence-electron chi connectivity index (χ2n) is 4.96. The van der Waals surface area contributed by atoms with E-state index in [9.17, 15) is 4.79 Å². The van der Waals surface area contributed by atoms with Gasteiger partial charge in [-0.15, -0.1) is 12.3 Å². The molecule has 90 valence electrons. The van der Waals surface area contributed by atoms with Crippen molar-refractivity contribution in [2.75, 3.05) is 6.54 Å². The van der Waals surface area contributed by atoms with Crippen molar-refractivity contribution in [3.8, 4) is 12.3 Å². The van der Waals surface area contributed by atoms with E-state index in [1.807, 2.05) is 4.90 Å². The summed E-state index contributed by atoms with van der Waals surface area (Å²) in [6.07, 6.45) is 9.39. The van der Waals surface area contributed by atoms with Crippen LogP contribution in [0.25, 0.3) is 0 Å². The van der Waals surface area contributed by atoms with E-state index < -0.39 is 0 Å². The summed E-state index contributed by atoms with van der Waals surface area (Å²) in [5.41, 5.74) is 0. The van der Waals surface area contributed by atoms with Crippen LogP contribution < -0.4 is 0 Å². The molecule has 0 radical (unpaired) electrons. The van der Waals surface area contributed by atoms with Gasteiger partial charge >= 0.3 is 0 Å². The van der Waals surface area contributed by atoms with Crippen molar-refractivity contribution < 1.29 is 4.79 Å². The molecule has 16 heavy (non-hydrogen) atoms. The fourth-order valence-corrected chi connectivity index (χ4v) is 2.64. The summed E-state index contributed by atoms with van der Waals surface area (Å²) in [7, 11) is 0. The number of piperidine rings is 1. The number of amides is 1. The molecule has 0 unspecified atom stereocenters. The molecule has 1 amide bonds. The summed E-state index contributed by atoms with van der Waals surface area (Å²) >= 11 is 0. The Kier molecular flexibility index (Phi) is 4.86. The average Bonchev–Trinajstić information content (AvgIpc) is 2.27. The Labute approximate surface area is 99.4 Å². The van der Waals surface area contributed by atoms with Crippen molar-refractivity contribution in [3.63, 3.8) is 0 Å². The molecule has 0 aromatic carbocycles. The van der Waals surface area contributed by atoms with Gasteiger partial charge in [-0.1, -0.05) is 20.8 Å². The lowest BCUT2D eigenvalue weighted by Gasteiger charge is -2.39. The smallest absolute Gasteiger partial charge is 0.222 e. The molecule has 0 aliphatic carbocycles. The minimum Gasteiger partial charge on any atom is -0.338 e. The van der Waals surface area contributed by atoms with Crippen molar-refractivity contribution >= 4 is 5.91 Å². The van der Waals surface area contributed by atoms with Crippen LogP contribution in [-0.2, 0) is 4.79 Å². The van der Waals surface area contributed by atoms with Gasteiger partial charge in [-0.3, -0.25) is 4.79 Å². The minimum atomic E-state index is 0.196. The van der Waals surface area contributed by atoms with Crippen molar-refractivity contribution in [2.45, 2.75) is 52.5 Å². The van der Waals surface area contributed by atoms with E-state index in [1.54, 1.807) is 0 Å². The molecule has 0 spiro atoms. The normalized spacial score (nSPS) is 20.7. The highest BCUT2D eigenvalue weighted by atomic mass is 16.2. The van der Waals surface area contributed by atoms with Crippen molar-refractivity contribution in [2.24, 2.45) is 11.8 Å². The van der Waals surface area contributed by atoms with Crippen molar-refractivity contribution in [3.05, 3.63) is 0 Å². The molecule has 1 aliphatic heterocycles. The van der Waals surface area contributed by atoms with Crippen LogP contribution in [0.4, 0.5) is 0 Å². The van der Waals surface area contributed by atoms with Crippen LogP contribution >= 0.6 is 0 Å². The maximum atomic E-state index is 11.9. The quantitative estimate of drug-likeness (QED) is 0.668. The lowest BCUT2D eigenvalue weighted by Crippen LogP contribution is -2.49. The highest BCUT2D eigenvalue weighted by Gasteiger charge is 2.32. The topological polar surface area (TPSA) is 20.3 Å². The van der Waals surface area contributed by atoms with E-state index in [2.05, 4.69) is 26.7 Å². The standard InChI is InChI=1S/C14H23NO/c1-5-12(6-2)14(11(3)4)15-10-8-7-9-13(15)16/h1,11-12,14H,6-10H2,2-4H3/t12-,14-/m1/s1. The maximum Gasteiger partial charge on any atom is 0.222 e. The van der Waals surface area contributed by atoms with Gasteiger partial charge in [0.05, 0.1) is 0 Å². The third-order valence-electron chi connectivity index (χ3n) is 3.47. The third kappa shape index (κ3) is 2.78. The fraction of sp³-hybridized carbons (Fsp3) is 0.786. The predicted molar refractivity (Wildman–Crippen MR) is 66.8 cm³/mol. The Hall–Kier alpha value is -0.970. The Morgan fingerprint density at radius 3 is 2.56 bits per heavy atom. The average molecular weight is 221 g/mol. The van der Waals surface area contributed by atoms with Gasteiger partial charge < -0.3 is 4.90 Å². The summed E-state index contributed by atoms with van der Waals surface area (Å²) in [5.74, 6) is 3.78. The lowest BCUT2D eigenvalue weighted by atomic mass is 9.86. The first-order chi connectivity index (χ1) is 7.61. The van der Waals surface area contributed by atoms with Crippen molar-refractivity contribution in [1.29, 1.82) is 0 Å². The van der Waals surface area contributed by atoms with Crippen LogP contribution in [0, 0.1) is 24.2 Å². The van der Waals surface area contributed by atoms with Gasteiger partial charge in [-0.2, -0.15) is 0 Å². The zero-order valence-corrected chi connectivity index (χ0v) is 10.7. The molecule has 2 heteroatoms. The van der Waals surface area contributed by atoms with Crippen LogP contribution in [0.15, 0.2) is 0 Å². The zero-order valence-electron chi connectivity index (χ0n) is 10.7. The number of hydrogen-bond donors (Lipinski definition) is 0. The van der Waals surface area contributed by atoms with E-state index in [0.717, 1.165) is 25.8 Å². The number of carbonyl (C=O) groups excluding carboxylic acids is 1. The Morgan fingerprint density at radius 1 is 1.44 bits per heavy atom. The molecule has 0 saturated carbocycles.